The largest absolute Gasteiger partial charge is 0.366 e. The molecule has 0 aromatic heterocycles. The van der Waals surface area contributed by atoms with Gasteiger partial charge in [0, 0.05) is 0 Å². The fourth-order valence-corrected chi connectivity index (χ4v) is 2.39. The maximum atomic E-state index is 12.2. The number of rotatable bonds is 7. The Morgan fingerprint density at radius 1 is 1.00 bits per heavy atom. The maximum absolute atomic E-state index is 12.2. The highest BCUT2D eigenvalue weighted by Gasteiger charge is 2.10. The zero-order valence-electron chi connectivity index (χ0n) is 13.3. The molecule has 0 heterocycles. The number of hydrogen-bond acceptors (Lipinski definition) is 2. The minimum atomic E-state index is -0.554. The number of carbonyl (C=O) groups is 2. The van der Waals surface area contributed by atoms with Crippen molar-refractivity contribution in [2.24, 2.45) is 5.73 Å². The van der Waals surface area contributed by atoms with Crippen LogP contribution >= 0.6 is 0 Å². The number of para-hydroxylation sites is 1. The van der Waals surface area contributed by atoms with E-state index in [1.54, 1.807) is 24.3 Å². The predicted molar refractivity (Wildman–Crippen MR) is 92.3 cm³/mol. The Labute approximate surface area is 136 Å². The van der Waals surface area contributed by atoms with E-state index in [9.17, 15) is 9.59 Å². The number of benzene rings is 2. The van der Waals surface area contributed by atoms with E-state index in [0.717, 1.165) is 12.0 Å². The van der Waals surface area contributed by atoms with Crippen LogP contribution in [0.25, 0.3) is 0 Å². The van der Waals surface area contributed by atoms with Gasteiger partial charge >= 0.3 is 0 Å². The van der Waals surface area contributed by atoms with Gasteiger partial charge in [0.05, 0.1) is 17.7 Å². The standard InChI is InChI=1S/C19H22N2O2/c1-2-3-6-14-9-11-15(12-10-14)13-18(22)21-17-8-5-4-7-16(17)19(20)23/h4-5,7-12H,2-3,6,13H2,1H3,(H2,20,23)(H,21,22). The Balaban J connectivity index is 1.98. The summed E-state index contributed by atoms with van der Waals surface area (Å²) in [6.45, 7) is 2.17. The summed E-state index contributed by atoms with van der Waals surface area (Å²) in [5.74, 6) is -0.721. The molecule has 2 rings (SSSR count). The van der Waals surface area contributed by atoms with Crippen LogP contribution in [0.4, 0.5) is 5.69 Å². The van der Waals surface area contributed by atoms with E-state index >= 15 is 0 Å². The monoisotopic (exact) mass is 310 g/mol. The lowest BCUT2D eigenvalue weighted by Crippen LogP contribution is -2.19. The summed E-state index contributed by atoms with van der Waals surface area (Å²) in [4.78, 5) is 23.5. The first-order valence-corrected chi connectivity index (χ1v) is 7.86. The molecule has 0 saturated carbocycles. The van der Waals surface area contributed by atoms with Crippen molar-refractivity contribution in [2.45, 2.75) is 32.6 Å². The van der Waals surface area contributed by atoms with Gasteiger partial charge in [0.2, 0.25) is 5.91 Å². The zero-order valence-corrected chi connectivity index (χ0v) is 13.3. The Kier molecular flexibility index (Phi) is 5.92. The summed E-state index contributed by atoms with van der Waals surface area (Å²) in [7, 11) is 0. The highest BCUT2D eigenvalue weighted by atomic mass is 16.2. The van der Waals surface area contributed by atoms with Gasteiger partial charge in [0.25, 0.3) is 5.91 Å². The van der Waals surface area contributed by atoms with Crippen molar-refractivity contribution in [3.05, 3.63) is 65.2 Å². The lowest BCUT2D eigenvalue weighted by Gasteiger charge is -2.09. The molecule has 120 valence electrons. The molecule has 0 saturated heterocycles. The first-order valence-electron chi connectivity index (χ1n) is 7.86. The number of unbranched alkanes of at least 4 members (excludes halogenated alkanes) is 1. The van der Waals surface area contributed by atoms with E-state index in [1.807, 2.05) is 12.1 Å². The summed E-state index contributed by atoms with van der Waals surface area (Å²) >= 11 is 0. The Morgan fingerprint density at radius 3 is 2.30 bits per heavy atom. The number of amides is 2. The average molecular weight is 310 g/mol. The first-order chi connectivity index (χ1) is 11.1. The second-order valence-electron chi connectivity index (χ2n) is 5.55. The van der Waals surface area contributed by atoms with E-state index < -0.39 is 5.91 Å². The normalized spacial score (nSPS) is 10.3. The Bertz CT molecular complexity index is 678. The van der Waals surface area contributed by atoms with Gasteiger partial charge in [-0.15, -0.1) is 0 Å². The third-order valence-corrected chi connectivity index (χ3v) is 3.67. The minimum Gasteiger partial charge on any atom is -0.366 e. The summed E-state index contributed by atoms with van der Waals surface area (Å²) < 4.78 is 0. The quantitative estimate of drug-likeness (QED) is 0.823. The van der Waals surface area contributed by atoms with E-state index in [-0.39, 0.29) is 12.3 Å². The number of nitrogens with two attached hydrogens (primary N) is 1. The van der Waals surface area contributed by atoms with E-state index in [2.05, 4.69) is 24.4 Å². The molecule has 0 fully saturated rings. The van der Waals surface area contributed by atoms with Crippen LogP contribution in [0.5, 0.6) is 0 Å². The van der Waals surface area contributed by atoms with Crippen LogP contribution in [0, 0.1) is 0 Å². The molecule has 0 atom stereocenters. The summed E-state index contributed by atoms with van der Waals surface area (Å²) in [5, 5.41) is 2.75. The highest BCUT2D eigenvalue weighted by Crippen LogP contribution is 2.15. The molecule has 0 unspecified atom stereocenters. The van der Waals surface area contributed by atoms with Gasteiger partial charge in [-0.05, 0) is 36.1 Å². The van der Waals surface area contributed by atoms with Gasteiger partial charge in [0.15, 0.2) is 0 Å². The molecule has 23 heavy (non-hydrogen) atoms. The van der Waals surface area contributed by atoms with Gasteiger partial charge in [-0.2, -0.15) is 0 Å². The SMILES string of the molecule is CCCCc1ccc(CC(=O)Nc2ccccc2C(N)=O)cc1. The molecule has 0 aliphatic rings. The second kappa shape index (κ2) is 8.13. The molecule has 4 nitrogen and oxygen atoms in total. The Hall–Kier alpha value is -2.62. The molecule has 4 heteroatoms. The fourth-order valence-electron chi connectivity index (χ4n) is 2.39. The van der Waals surface area contributed by atoms with Gasteiger partial charge in [-0.3, -0.25) is 9.59 Å². The van der Waals surface area contributed by atoms with Crippen molar-refractivity contribution in [1.29, 1.82) is 0 Å². The van der Waals surface area contributed by atoms with E-state index in [1.165, 1.54) is 18.4 Å². The third-order valence-electron chi connectivity index (χ3n) is 3.67. The van der Waals surface area contributed by atoms with Crippen LogP contribution in [-0.2, 0) is 17.6 Å². The molecule has 0 spiro atoms. The fraction of sp³-hybridized carbons (Fsp3) is 0.263. The summed E-state index contributed by atoms with van der Waals surface area (Å²) in [6.07, 6.45) is 3.67. The molecular weight excluding hydrogens is 288 g/mol. The average Bonchev–Trinajstić information content (AvgIpc) is 2.54. The smallest absolute Gasteiger partial charge is 0.250 e. The molecule has 0 aliphatic carbocycles. The van der Waals surface area contributed by atoms with Crippen LogP contribution in [-0.4, -0.2) is 11.8 Å². The van der Waals surface area contributed by atoms with E-state index in [0.29, 0.717) is 11.3 Å². The molecule has 3 N–H and O–H groups in total. The van der Waals surface area contributed by atoms with Gasteiger partial charge in [0.1, 0.15) is 0 Å². The topological polar surface area (TPSA) is 72.2 Å². The van der Waals surface area contributed by atoms with Crippen molar-refractivity contribution in [1.82, 2.24) is 0 Å². The third kappa shape index (κ3) is 4.95. The van der Waals surface area contributed by atoms with E-state index in [4.69, 9.17) is 5.73 Å². The van der Waals surface area contributed by atoms with Gasteiger partial charge < -0.3 is 11.1 Å². The second-order valence-corrected chi connectivity index (χ2v) is 5.55. The van der Waals surface area contributed by atoms with Gasteiger partial charge in [-0.25, -0.2) is 0 Å². The lowest BCUT2D eigenvalue weighted by molar-refractivity contribution is -0.115. The lowest BCUT2D eigenvalue weighted by atomic mass is 10.0. The molecule has 0 radical (unpaired) electrons. The molecular formula is C19H22N2O2. The van der Waals surface area contributed by atoms with Crippen molar-refractivity contribution in [3.63, 3.8) is 0 Å². The maximum Gasteiger partial charge on any atom is 0.250 e. The minimum absolute atomic E-state index is 0.167. The molecule has 2 amide bonds. The number of anilines is 1. The van der Waals surface area contributed by atoms with Crippen molar-refractivity contribution in [2.75, 3.05) is 5.32 Å². The van der Waals surface area contributed by atoms with Crippen LogP contribution in [0.15, 0.2) is 48.5 Å². The number of hydrogen-bond donors (Lipinski definition) is 2. The van der Waals surface area contributed by atoms with Crippen LogP contribution < -0.4 is 11.1 Å². The Morgan fingerprint density at radius 2 is 1.65 bits per heavy atom. The number of nitrogens with one attached hydrogen (secondary N) is 1. The first kappa shape index (κ1) is 16.7. The number of carbonyl (C=O) groups excluding carboxylic acids is 2. The van der Waals surface area contributed by atoms with Crippen molar-refractivity contribution >= 4 is 17.5 Å². The van der Waals surface area contributed by atoms with Crippen molar-refractivity contribution < 1.29 is 9.59 Å². The summed E-state index contributed by atoms with van der Waals surface area (Å²) in [6, 6.07) is 14.8. The van der Waals surface area contributed by atoms with Crippen molar-refractivity contribution in [3.8, 4) is 0 Å². The van der Waals surface area contributed by atoms with Crippen LogP contribution in [0.1, 0.15) is 41.3 Å². The molecule has 2 aromatic carbocycles. The summed E-state index contributed by atoms with van der Waals surface area (Å²) in [5.41, 5.74) is 8.30. The van der Waals surface area contributed by atoms with Crippen LogP contribution in [0.3, 0.4) is 0 Å². The number of primary amides is 1. The zero-order chi connectivity index (χ0) is 16.7. The molecule has 0 bridgehead atoms. The van der Waals surface area contributed by atoms with Gasteiger partial charge in [-0.1, -0.05) is 49.7 Å². The highest BCUT2D eigenvalue weighted by molar-refractivity contribution is 6.03. The predicted octanol–water partition coefficient (Wildman–Crippen LogP) is 3.31. The van der Waals surface area contributed by atoms with Crippen LogP contribution in [0.2, 0.25) is 0 Å². The molecule has 2 aromatic rings. The number of aryl methyl sites for hydroxylation is 1. The molecule has 0 aliphatic heterocycles.